The van der Waals surface area contributed by atoms with E-state index in [4.69, 9.17) is 4.74 Å². The van der Waals surface area contributed by atoms with E-state index in [0.717, 1.165) is 19.3 Å². The van der Waals surface area contributed by atoms with Crippen LogP contribution in [-0.4, -0.2) is 23.8 Å². The highest BCUT2D eigenvalue weighted by molar-refractivity contribution is 5.76. The number of fused-ring (bicyclic) bond motifs is 1. The Morgan fingerprint density at radius 1 is 1.33 bits per heavy atom. The number of allylic oxidation sites excluding steroid dienone is 4. The number of esters is 1. The Balaban J connectivity index is 2.26. The van der Waals surface area contributed by atoms with Gasteiger partial charge in [-0.1, -0.05) is 38.2 Å². The third-order valence-electron chi connectivity index (χ3n) is 6.24. The zero-order valence-corrected chi connectivity index (χ0v) is 15.9. The molecule has 0 aliphatic heterocycles. The number of ether oxygens (including phenoxy) is 1. The first-order valence-electron chi connectivity index (χ1n) is 9.47. The second-order valence-electron chi connectivity index (χ2n) is 8.27. The molecule has 1 fully saturated rings. The van der Waals surface area contributed by atoms with Crippen molar-refractivity contribution >= 4 is 5.97 Å². The van der Waals surface area contributed by atoms with Gasteiger partial charge in [-0.25, -0.2) is 0 Å². The van der Waals surface area contributed by atoms with E-state index in [1.807, 2.05) is 27.7 Å². The largest absolute Gasteiger partial charge is 0.462 e. The summed E-state index contributed by atoms with van der Waals surface area (Å²) in [7, 11) is 0. The maximum absolute atomic E-state index is 12.7. The Hall–Kier alpha value is -1.09. The molecule has 2 aliphatic carbocycles. The minimum atomic E-state index is -0.451. The Morgan fingerprint density at radius 3 is 2.62 bits per heavy atom. The van der Waals surface area contributed by atoms with Crippen molar-refractivity contribution in [3.63, 3.8) is 0 Å². The molecule has 0 saturated heterocycles. The smallest absolute Gasteiger partial charge is 0.311 e. The van der Waals surface area contributed by atoms with Gasteiger partial charge in [-0.2, -0.15) is 0 Å². The highest BCUT2D eigenvalue weighted by Gasteiger charge is 2.46. The predicted octanol–water partition coefficient (Wildman–Crippen LogP) is 4.37. The quantitative estimate of drug-likeness (QED) is 0.600. The van der Waals surface area contributed by atoms with Gasteiger partial charge >= 0.3 is 5.97 Å². The number of hydrogen-bond acceptors (Lipinski definition) is 3. The predicted molar refractivity (Wildman–Crippen MR) is 97.3 cm³/mol. The average molecular weight is 335 g/mol. The monoisotopic (exact) mass is 334 g/mol. The van der Waals surface area contributed by atoms with Crippen molar-refractivity contribution in [2.24, 2.45) is 35.0 Å². The Bertz CT molecular complexity index is 491. The molecule has 3 heteroatoms. The first-order valence-corrected chi connectivity index (χ1v) is 9.47. The van der Waals surface area contributed by atoms with Crippen LogP contribution < -0.4 is 0 Å². The Labute approximate surface area is 147 Å². The lowest BCUT2D eigenvalue weighted by molar-refractivity contribution is -0.170. The third-order valence-corrected chi connectivity index (χ3v) is 6.24. The summed E-state index contributed by atoms with van der Waals surface area (Å²) in [6.07, 6.45) is 11.5. The van der Waals surface area contributed by atoms with E-state index in [2.05, 4.69) is 31.2 Å². The highest BCUT2D eigenvalue weighted by Crippen LogP contribution is 2.46. The van der Waals surface area contributed by atoms with E-state index in [0.29, 0.717) is 17.8 Å². The van der Waals surface area contributed by atoms with Crippen LogP contribution >= 0.6 is 0 Å². The fourth-order valence-corrected chi connectivity index (χ4v) is 4.23. The molecule has 1 saturated carbocycles. The molecule has 0 spiro atoms. The molecule has 0 aromatic heterocycles. The van der Waals surface area contributed by atoms with Crippen molar-refractivity contribution in [1.82, 2.24) is 0 Å². The summed E-state index contributed by atoms with van der Waals surface area (Å²) in [5, 5.41) is 9.94. The van der Waals surface area contributed by atoms with Gasteiger partial charge in [0.05, 0.1) is 5.41 Å². The van der Waals surface area contributed by atoms with E-state index in [1.54, 1.807) is 0 Å². The topological polar surface area (TPSA) is 46.5 Å². The molecule has 136 valence electrons. The van der Waals surface area contributed by atoms with Crippen LogP contribution in [0.25, 0.3) is 0 Å². The molecule has 2 aliphatic rings. The molecule has 5 unspecified atom stereocenters. The standard InChI is InChI=1S/C21H34O3/c1-6-8-15-11-16-10-9-14(3)17(13-22)19(16)18(12-15)24-20(23)21(4,5)7-2/h6,8-10,14-19,22H,7,11-13H2,1-5H3/t14?,15?,16?,17?,18?,19-/m0/s1. The zero-order chi connectivity index (χ0) is 17.9. The molecule has 0 heterocycles. The highest BCUT2D eigenvalue weighted by atomic mass is 16.5. The molecule has 0 amide bonds. The second kappa shape index (κ2) is 7.86. The van der Waals surface area contributed by atoms with Gasteiger partial charge in [-0.15, -0.1) is 0 Å². The van der Waals surface area contributed by atoms with Crippen LogP contribution in [0.15, 0.2) is 24.3 Å². The SMILES string of the molecule is CC=CC1CC2C=CC(C)C(CO)[C@H]2C(OC(=O)C(C)(C)CC)C1. The maximum atomic E-state index is 12.7. The van der Waals surface area contributed by atoms with Crippen LogP contribution in [0.3, 0.4) is 0 Å². The van der Waals surface area contributed by atoms with Crippen molar-refractivity contribution in [2.75, 3.05) is 6.61 Å². The minimum Gasteiger partial charge on any atom is -0.462 e. The number of carbonyl (C=O) groups excluding carboxylic acids is 1. The van der Waals surface area contributed by atoms with Gasteiger partial charge in [0.1, 0.15) is 6.10 Å². The van der Waals surface area contributed by atoms with Crippen molar-refractivity contribution in [3.05, 3.63) is 24.3 Å². The summed E-state index contributed by atoms with van der Waals surface area (Å²) in [6.45, 7) is 10.3. The third kappa shape index (κ3) is 3.93. The fraction of sp³-hybridized carbons (Fsp3) is 0.762. The normalized spacial score (nSPS) is 36.6. The molecule has 0 aromatic carbocycles. The zero-order valence-electron chi connectivity index (χ0n) is 15.9. The average Bonchev–Trinajstić information content (AvgIpc) is 2.55. The minimum absolute atomic E-state index is 0.103. The Morgan fingerprint density at radius 2 is 2.04 bits per heavy atom. The summed E-state index contributed by atoms with van der Waals surface area (Å²) < 4.78 is 6.06. The lowest BCUT2D eigenvalue weighted by Gasteiger charge is -2.47. The molecule has 2 rings (SSSR count). The van der Waals surface area contributed by atoms with Gasteiger partial charge in [0, 0.05) is 12.5 Å². The van der Waals surface area contributed by atoms with Crippen LogP contribution in [-0.2, 0) is 9.53 Å². The van der Waals surface area contributed by atoms with Crippen LogP contribution in [0.2, 0.25) is 0 Å². The van der Waals surface area contributed by atoms with Crippen LogP contribution in [0.4, 0.5) is 0 Å². The lowest BCUT2D eigenvalue weighted by atomic mass is 9.61. The van der Waals surface area contributed by atoms with Crippen LogP contribution in [0.1, 0.15) is 53.9 Å². The van der Waals surface area contributed by atoms with Crippen molar-refractivity contribution < 1.29 is 14.6 Å². The maximum Gasteiger partial charge on any atom is 0.311 e. The van der Waals surface area contributed by atoms with Gasteiger partial charge in [0.15, 0.2) is 0 Å². The molecule has 0 radical (unpaired) electrons. The van der Waals surface area contributed by atoms with Crippen molar-refractivity contribution in [1.29, 1.82) is 0 Å². The summed E-state index contributed by atoms with van der Waals surface area (Å²) in [6, 6.07) is 0. The first-order chi connectivity index (χ1) is 11.3. The van der Waals surface area contributed by atoms with Gasteiger partial charge in [0.25, 0.3) is 0 Å². The fourth-order valence-electron chi connectivity index (χ4n) is 4.23. The number of aliphatic hydroxyl groups is 1. The number of carbonyl (C=O) groups is 1. The number of hydrogen-bond donors (Lipinski definition) is 1. The molecular weight excluding hydrogens is 300 g/mol. The van der Waals surface area contributed by atoms with E-state index >= 15 is 0 Å². The summed E-state index contributed by atoms with van der Waals surface area (Å²) in [4.78, 5) is 12.7. The lowest BCUT2D eigenvalue weighted by Crippen LogP contribution is -2.47. The van der Waals surface area contributed by atoms with Gasteiger partial charge < -0.3 is 9.84 Å². The first kappa shape index (κ1) is 19.2. The number of rotatable bonds is 5. The van der Waals surface area contributed by atoms with E-state index in [9.17, 15) is 9.90 Å². The van der Waals surface area contributed by atoms with E-state index in [1.165, 1.54) is 0 Å². The van der Waals surface area contributed by atoms with E-state index < -0.39 is 5.41 Å². The molecule has 0 bridgehead atoms. The summed E-state index contributed by atoms with van der Waals surface area (Å²) >= 11 is 0. The summed E-state index contributed by atoms with van der Waals surface area (Å²) in [5.74, 6) is 1.46. The number of aliphatic hydroxyl groups excluding tert-OH is 1. The van der Waals surface area contributed by atoms with Crippen molar-refractivity contribution in [2.45, 2.75) is 60.0 Å². The molecule has 1 N–H and O–H groups in total. The van der Waals surface area contributed by atoms with E-state index in [-0.39, 0.29) is 30.5 Å². The van der Waals surface area contributed by atoms with Gasteiger partial charge in [-0.3, -0.25) is 4.79 Å². The second-order valence-corrected chi connectivity index (χ2v) is 8.27. The molecule has 0 aromatic rings. The Kier molecular flexibility index (Phi) is 6.30. The van der Waals surface area contributed by atoms with Crippen LogP contribution in [0, 0.1) is 35.0 Å². The molecular formula is C21H34O3. The molecule has 3 nitrogen and oxygen atoms in total. The van der Waals surface area contributed by atoms with Crippen molar-refractivity contribution in [3.8, 4) is 0 Å². The van der Waals surface area contributed by atoms with Gasteiger partial charge in [-0.05, 0) is 63.7 Å². The summed E-state index contributed by atoms with van der Waals surface area (Å²) in [5.41, 5.74) is -0.451. The molecule has 6 atom stereocenters. The van der Waals surface area contributed by atoms with Gasteiger partial charge in [0.2, 0.25) is 0 Å². The molecule has 24 heavy (non-hydrogen) atoms. The van der Waals surface area contributed by atoms with Crippen LogP contribution in [0.5, 0.6) is 0 Å².